The minimum atomic E-state index is -0.547. The highest BCUT2D eigenvalue weighted by atomic mass is 16.6. The number of Topliss-reactive ketones (excluding diaryl/α,β-unsaturated/α-hetero) is 1. The molecule has 0 atom stereocenters. The third-order valence-corrected chi connectivity index (χ3v) is 4.49. The predicted molar refractivity (Wildman–Crippen MR) is 114 cm³/mol. The largest absolute Gasteiger partial charge is 0.444 e. The van der Waals surface area contributed by atoms with E-state index in [-0.39, 0.29) is 5.78 Å². The molecule has 0 fully saturated rings. The number of hydrogen-bond acceptors (Lipinski definition) is 4. The second kappa shape index (κ2) is 8.90. The summed E-state index contributed by atoms with van der Waals surface area (Å²) in [6, 6.07) is 11.5. The van der Waals surface area contributed by atoms with Gasteiger partial charge in [0.2, 0.25) is 0 Å². The lowest BCUT2D eigenvalue weighted by atomic mass is 10.0. The van der Waals surface area contributed by atoms with Gasteiger partial charge in [-0.05, 0) is 69.0 Å². The maximum atomic E-state index is 12.4. The fourth-order valence-corrected chi connectivity index (χ4v) is 3.15. The smallest absolute Gasteiger partial charge is 0.412 e. The molecule has 0 aliphatic rings. The molecule has 6 heteroatoms. The number of H-pyrrole nitrogens is 1. The highest BCUT2D eigenvalue weighted by Crippen LogP contribution is 2.18. The van der Waals surface area contributed by atoms with Crippen LogP contribution in [0.5, 0.6) is 0 Å². The van der Waals surface area contributed by atoms with Gasteiger partial charge < -0.3 is 9.72 Å². The van der Waals surface area contributed by atoms with Crippen LogP contribution in [0.3, 0.4) is 0 Å². The maximum Gasteiger partial charge on any atom is 0.412 e. The Balaban J connectivity index is 1.50. The first-order valence-electron chi connectivity index (χ1n) is 9.82. The van der Waals surface area contributed by atoms with Crippen LogP contribution in [-0.4, -0.2) is 27.4 Å². The second-order valence-electron chi connectivity index (χ2n) is 8.08. The number of pyridine rings is 1. The van der Waals surface area contributed by atoms with E-state index in [4.69, 9.17) is 4.74 Å². The van der Waals surface area contributed by atoms with E-state index < -0.39 is 11.7 Å². The summed E-state index contributed by atoms with van der Waals surface area (Å²) < 4.78 is 5.27. The fourth-order valence-electron chi connectivity index (χ4n) is 3.15. The number of anilines is 1. The molecule has 2 aromatic heterocycles. The molecule has 0 unspecified atom stereocenters. The number of ether oxygens (including phenoxy) is 1. The van der Waals surface area contributed by atoms with Gasteiger partial charge in [0.1, 0.15) is 17.0 Å². The van der Waals surface area contributed by atoms with Crippen molar-refractivity contribution in [3.63, 3.8) is 0 Å². The standard InChI is InChI=1S/C23H27N3O3/c1-23(2,3)29-22(28)26-18-6-4-5-16(15-18)7-9-19(27)10-8-17-11-13-24-21-20(17)12-14-25-21/h4-6,11-15H,7-10H2,1-3H3,(H,24,25)(H,26,28). The van der Waals surface area contributed by atoms with Crippen molar-refractivity contribution in [2.75, 3.05) is 5.32 Å². The van der Waals surface area contributed by atoms with E-state index in [1.54, 1.807) is 12.3 Å². The van der Waals surface area contributed by atoms with Gasteiger partial charge in [-0.1, -0.05) is 12.1 Å². The lowest BCUT2D eigenvalue weighted by Crippen LogP contribution is -2.27. The van der Waals surface area contributed by atoms with Gasteiger partial charge in [-0.15, -0.1) is 0 Å². The van der Waals surface area contributed by atoms with Crippen LogP contribution in [-0.2, 0) is 22.4 Å². The lowest BCUT2D eigenvalue weighted by molar-refractivity contribution is -0.119. The summed E-state index contributed by atoms with van der Waals surface area (Å²) >= 11 is 0. The lowest BCUT2D eigenvalue weighted by Gasteiger charge is -2.19. The molecule has 2 heterocycles. The Morgan fingerprint density at radius 3 is 2.69 bits per heavy atom. The topological polar surface area (TPSA) is 84.1 Å². The summed E-state index contributed by atoms with van der Waals surface area (Å²) in [6.07, 6.45) is 5.45. The molecule has 3 rings (SSSR count). The number of nitrogens with one attached hydrogen (secondary N) is 2. The van der Waals surface area contributed by atoms with Gasteiger partial charge in [0.25, 0.3) is 0 Å². The molecular weight excluding hydrogens is 366 g/mol. The summed E-state index contributed by atoms with van der Waals surface area (Å²) in [7, 11) is 0. The molecule has 1 aromatic carbocycles. The normalized spacial score (nSPS) is 11.4. The molecule has 2 N–H and O–H groups in total. The van der Waals surface area contributed by atoms with E-state index in [0.29, 0.717) is 31.4 Å². The van der Waals surface area contributed by atoms with E-state index in [2.05, 4.69) is 15.3 Å². The minimum absolute atomic E-state index is 0.219. The molecule has 0 saturated carbocycles. The van der Waals surface area contributed by atoms with E-state index in [1.165, 1.54) is 0 Å². The van der Waals surface area contributed by atoms with E-state index in [0.717, 1.165) is 22.2 Å². The minimum Gasteiger partial charge on any atom is -0.444 e. The van der Waals surface area contributed by atoms with Gasteiger partial charge in [-0.3, -0.25) is 10.1 Å². The first kappa shape index (κ1) is 20.6. The molecule has 0 spiro atoms. The van der Waals surface area contributed by atoms with Crippen LogP contribution in [0.4, 0.5) is 10.5 Å². The number of nitrogens with zero attached hydrogens (tertiary/aromatic N) is 1. The Morgan fingerprint density at radius 2 is 1.90 bits per heavy atom. The number of carbonyl (C=O) groups is 2. The van der Waals surface area contributed by atoms with Crippen LogP contribution in [0.25, 0.3) is 11.0 Å². The number of rotatable bonds is 7. The summed E-state index contributed by atoms with van der Waals surface area (Å²) in [5.41, 5.74) is 3.10. The summed E-state index contributed by atoms with van der Waals surface area (Å²) in [5, 5.41) is 3.80. The Labute approximate surface area is 170 Å². The maximum absolute atomic E-state index is 12.4. The van der Waals surface area contributed by atoms with Crippen LogP contribution in [0.2, 0.25) is 0 Å². The zero-order chi connectivity index (χ0) is 20.9. The number of aryl methyl sites for hydroxylation is 2. The quantitative estimate of drug-likeness (QED) is 0.589. The zero-order valence-electron chi connectivity index (χ0n) is 17.1. The molecule has 3 aromatic rings. The third-order valence-electron chi connectivity index (χ3n) is 4.49. The molecule has 0 saturated heterocycles. The fraction of sp³-hybridized carbons (Fsp3) is 0.348. The Morgan fingerprint density at radius 1 is 1.10 bits per heavy atom. The van der Waals surface area contributed by atoms with Crippen molar-refractivity contribution in [1.29, 1.82) is 0 Å². The molecule has 0 aliphatic heterocycles. The van der Waals surface area contributed by atoms with Crippen molar-refractivity contribution in [3.8, 4) is 0 Å². The van der Waals surface area contributed by atoms with Gasteiger partial charge in [-0.25, -0.2) is 9.78 Å². The molecule has 29 heavy (non-hydrogen) atoms. The van der Waals surface area contributed by atoms with E-state index in [9.17, 15) is 9.59 Å². The van der Waals surface area contributed by atoms with Gasteiger partial charge in [-0.2, -0.15) is 0 Å². The first-order chi connectivity index (χ1) is 13.8. The number of fused-ring (bicyclic) bond motifs is 1. The number of aromatic amines is 1. The van der Waals surface area contributed by atoms with Crippen LogP contribution >= 0.6 is 0 Å². The van der Waals surface area contributed by atoms with Crippen molar-refractivity contribution in [3.05, 3.63) is 59.9 Å². The van der Waals surface area contributed by atoms with Crippen LogP contribution < -0.4 is 5.32 Å². The van der Waals surface area contributed by atoms with Gasteiger partial charge >= 0.3 is 6.09 Å². The van der Waals surface area contributed by atoms with Crippen molar-refractivity contribution in [2.24, 2.45) is 0 Å². The third kappa shape index (κ3) is 6.17. The van der Waals surface area contributed by atoms with Gasteiger partial charge in [0, 0.05) is 36.3 Å². The Kier molecular flexibility index (Phi) is 6.32. The predicted octanol–water partition coefficient (Wildman–Crippen LogP) is 5.04. The first-order valence-corrected chi connectivity index (χ1v) is 9.82. The Hall–Kier alpha value is -3.15. The molecule has 152 valence electrons. The number of amides is 1. The van der Waals surface area contributed by atoms with Crippen molar-refractivity contribution < 1.29 is 14.3 Å². The molecular formula is C23H27N3O3. The highest BCUT2D eigenvalue weighted by molar-refractivity contribution is 5.85. The van der Waals surface area contributed by atoms with Crippen LogP contribution in [0, 0.1) is 0 Å². The van der Waals surface area contributed by atoms with Crippen molar-refractivity contribution in [2.45, 2.75) is 52.1 Å². The van der Waals surface area contributed by atoms with Crippen LogP contribution in [0.1, 0.15) is 44.7 Å². The summed E-state index contributed by atoms with van der Waals surface area (Å²) in [4.78, 5) is 31.6. The molecule has 0 bridgehead atoms. The molecule has 1 amide bonds. The SMILES string of the molecule is CC(C)(C)OC(=O)Nc1cccc(CCC(=O)CCc2ccnc3[nH]ccc23)c1. The summed E-state index contributed by atoms with van der Waals surface area (Å²) in [6.45, 7) is 5.46. The Bertz CT molecular complexity index is 1000. The highest BCUT2D eigenvalue weighted by Gasteiger charge is 2.16. The number of carbonyl (C=O) groups excluding carboxylic acids is 2. The number of hydrogen-bond donors (Lipinski definition) is 2. The molecule has 6 nitrogen and oxygen atoms in total. The number of aromatic nitrogens is 2. The van der Waals surface area contributed by atoms with Crippen molar-refractivity contribution in [1.82, 2.24) is 9.97 Å². The van der Waals surface area contributed by atoms with E-state index >= 15 is 0 Å². The van der Waals surface area contributed by atoms with Crippen LogP contribution in [0.15, 0.2) is 48.8 Å². The van der Waals surface area contributed by atoms with Gasteiger partial charge in [0.15, 0.2) is 0 Å². The molecule has 0 aliphatic carbocycles. The van der Waals surface area contributed by atoms with E-state index in [1.807, 2.05) is 57.3 Å². The van der Waals surface area contributed by atoms with Crippen molar-refractivity contribution >= 4 is 28.6 Å². The molecule has 0 radical (unpaired) electrons. The van der Waals surface area contributed by atoms with Gasteiger partial charge in [0.05, 0.1) is 0 Å². The average molecular weight is 393 g/mol. The number of ketones is 1. The number of benzene rings is 1. The summed E-state index contributed by atoms with van der Waals surface area (Å²) in [5.74, 6) is 0.219. The average Bonchev–Trinajstić information content (AvgIpc) is 3.12. The monoisotopic (exact) mass is 393 g/mol. The second-order valence-corrected chi connectivity index (χ2v) is 8.08. The zero-order valence-corrected chi connectivity index (χ0v) is 17.1.